The number of carbonyl (C=O) groups is 2. The Balaban J connectivity index is 3.10. The molecule has 0 aliphatic rings. The SMILES string of the molecule is CCC(C)Oc1c(CC(NC(C)=O)C(=O)O)cccc1OC. The van der Waals surface area contributed by atoms with Crippen LogP contribution < -0.4 is 14.8 Å². The first-order valence-corrected chi connectivity index (χ1v) is 7.21. The number of aliphatic carboxylic acids is 1. The molecule has 0 aromatic heterocycles. The van der Waals surface area contributed by atoms with Crippen molar-refractivity contribution in [3.05, 3.63) is 23.8 Å². The maximum absolute atomic E-state index is 11.3. The van der Waals surface area contributed by atoms with Crippen molar-refractivity contribution in [3.8, 4) is 11.5 Å². The minimum absolute atomic E-state index is 0.0286. The number of ether oxygens (including phenoxy) is 2. The zero-order valence-corrected chi connectivity index (χ0v) is 13.4. The number of carbonyl (C=O) groups excluding carboxylic acids is 1. The Hall–Kier alpha value is -2.24. The predicted molar refractivity (Wildman–Crippen MR) is 82.3 cm³/mol. The highest BCUT2D eigenvalue weighted by Gasteiger charge is 2.22. The Morgan fingerprint density at radius 1 is 1.36 bits per heavy atom. The molecule has 0 bridgehead atoms. The molecule has 2 atom stereocenters. The molecule has 2 N–H and O–H groups in total. The van der Waals surface area contributed by atoms with Gasteiger partial charge in [0.25, 0.3) is 0 Å². The fraction of sp³-hybridized carbons (Fsp3) is 0.500. The lowest BCUT2D eigenvalue weighted by Gasteiger charge is -2.21. The van der Waals surface area contributed by atoms with E-state index in [9.17, 15) is 14.7 Å². The molecule has 122 valence electrons. The molecule has 0 aliphatic heterocycles. The second-order valence-electron chi connectivity index (χ2n) is 5.08. The third-order valence-electron chi connectivity index (χ3n) is 3.27. The van der Waals surface area contributed by atoms with Crippen LogP contribution in [-0.4, -0.2) is 36.2 Å². The molecule has 0 fully saturated rings. The first kappa shape index (κ1) is 17.8. The lowest BCUT2D eigenvalue weighted by molar-refractivity contribution is -0.141. The molecule has 1 aromatic carbocycles. The van der Waals surface area contributed by atoms with E-state index < -0.39 is 12.0 Å². The maximum atomic E-state index is 11.3. The summed E-state index contributed by atoms with van der Waals surface area (Å²) < 4.78 is 11.2. The molecule has 0 saturated carbocycles. The largest absolute Gasteiger partial charge is 0.493 e. The number of carboxylic acids is 1. The molecular formula is C16H23NO5. The summed E-state index contributed by atoms with van der Waals surface area (Å²) >= 11 is 0. The molecule has 0 spiro atoms. The fourth-order valence-corrected chi connectivity index (χ4v) is 1.97. The summed E-state index contributed by atoms with van der Waals surface area (Å²) in [6.45, 7) is 5.22. The summed E-state index contributed by atoms with van der Waals surface area (Å²) in [5.41, 5.74) is 0.681. The van der Waals surface area contributed by atoms with Crippen molar-refractivity contribution < 1.29 is 24.2 Å². The third kappa shape index (κ3) is 4.95. The van der Waals surface area contributed by atoms with E-state index in [1.54, 1.807) is 18.2 Å². The van der Waals surface area contributed by atoms with E-state index in [4.69, 9.17) is 9.47 Å². The zero-order chi connectivity index (χ0) is 16.7. The van der Waals surface area contributed by atoms with Crippen LogP contribution in [-0.2, 0) is 16.0 Å². The summed E-state index contributed by atoms with van der Waals surface area (Å²) in [7, 11) is 1.53. The van der Waals surface area contributed by atoms with Gasteiger partial charge in [0.05, 0.1) is 13.2 Å². The molecular weight excluding hydrogens is 286 g/mol. The second kappa shape index (κ2) is 8.26. The average molecular weight is 309 g/mol. The lowest BCUT2D eigenvalue weighted by Crippen LogP contribution is -2.41. The van der Waals surface area contributed by atoms with Crippen molar-refractivity contribution in [3.63, 3.8) is 0 Å². The average Bonchev–Trinajstić information content (AvgIpc) is 2.47. The highest BCUT2D eigenvalue weighted by Crippen LogP contribution is 2.33. The van der Waals surface area contributed by atoms with Gasteiger partial charge in [-0.3, -0.25) is 4.79 Å². The lowest BCUT2D eigenvalue weighted by atomic mass is 10.0. The van der Waals surface area contributed by atoms with Gasteiger partial charge in [0, 0.05) is 18.9 Å². The van der Waals surface area contributed by atoms with Crippen molar-refractivity contribution in [2.75, 3.05) is 7.11 Å². The zero-order valence-electron chi connectivity index (χ0n) is 13.4. The number of carboxylic acid groups (broad SMARTS) is 1. The molecule has 1 rings (SSSR count). The van der Waals surface area contributed by atoms with Gasteiger partial charge in [0.1, 0.15) is 6.04 Å². The second-order valence-corrected chi connectivity index (χ2v) is 5.08. The van der Waals surface area contributed by atoms with Gasteiger partial charge < -0.3 is 19.9 Å². The van der Waals surface area contributed by atoms with Gasteiger partial charge in [-0.05, 0) is 19.4 Å². The molecule has 0 heterocycles. The van der Waals surface area contributed by atoms with Crippen LogP contribution in [0.1, 0.15) is 32.8 Å². The number of nitrogens with one attached hydrogen (secondary N) is 1. The first-order valence-electron chi connectivity index (χ1n) is 7.21. The Morgan fingerprint density at radius 3 is 2.55 bits per heavy atom. The minimum Gasteiger partial charge on any atom is -0.493 e. The Bertz CT molecular complexity index is 529. The van der Waals surface area contributed by atoms with Gasteiger partial charge in [-0.1, -0.05) is 19.1 Å². The van der Waals surface area contributed by atoms with Crippen molar-refractivity contribution in [2.45, 2.75) is 45.8 Å². The van der Waals surface area contributed by atoms with Crippen LogP contribution >= 0.6 is 0 Å². The smallest absolute Gasteiger partial charge is 0.326 e. The van der Waals surface area contributed by atoms with Crippen LogP contribution in [0.15, 0.2) is 18.2 Å². The monoisotopic (exact) mass is 309 g/mol. The summed E-state index contributed by atoms with van der Waals surface area (Å²) in [6, 6.07) is 4.29. The number of benzene rings is 1. The van der Waals surface area contributed by atoms with Crippen LogP contribution in [0.25, 0.3) is 0 Å². The molecule has 6 nitrogen and oxygen atoms in total. The number of methoxy groups -OCH3 is 1. The summed E-state index contributed by atoms with van der Waals surface area (Å²) in [4.78, 5) is 22.4. The molecule has 6 heteroatoms. The first-order chi connectivity index (χ1) is 10.4. The van der Waals surface area contributed by atoms with Crippen molar-refractivity contribution >= 4 is 11.9 Å². The molecule has 2 unspecified atom stereocenters. The van der Waals surface area contributed by atoms with Gasteiger partial charge in [0.15, 0.2) is 11.5 Å². The summed E-state index contributed by atoms with van der Waals surface area (Å²) in [5.74, 6) is -0.409. The van der Waals surface area contributed by atoms with E-state index >= 15 is 0 Å². The van der Waals surface area contributed by atoms with Gasteiger partial charge >= 0.3 is 5.97 Å². The Morgan fingerprint density at radius 2 is 2.05 bits per heavy atom. The van der Waals surface area contributed by atoms with E-state index in [0.29, 0.717) is 17.1 Å². The number of para-hydroxylation sites is 1. The molecule has 22 heavy (non-hydrogen) atoms. The predicted octanol–water partition coefficient (Wildman–Crippen LogP) is 2.00. The summed E-state index contributed by atoms with van der Waals surface area (Å²) in [6.07, 6.45) is 0.905. The fourth-order valence-electron chi connectivity index (χ4n) is 1.97. The van der Waals surface area contributed by atoms with Gasteiger partial charge in [0.2, 0.25) is 5.91 Å². The van der Waals surface area contributed by atoms with Crippen molar-refractivity contribution in [1.82, 2.24) is 5.32 Å². The number of amides is 1. The standard InChI is InChI=1S/C16H23NO5/c1-5-10(2)22-15-12(7-6-8-14(15)21-4)9-13(16(19)20)17-11(3)18/h6-8,10,13H,5,9H2,1-4H3,(H,17,18)(H,19,20). The van der Waals surface area contributed by atoms with Gasteiger partial charge in [-0.25, -0.2) is 4.79 Å². The highest BCUT2D eigenvalue weighted by atomic mass is 16.5. The van der Waals surface area contributed by atoms with Crippen LogP contribution in [0.3, 0.4) is 0 Å². The van der Waals surface area contributed by atoms with Crippen LogP contribution in [0.2, 0.25) is 0 Å². The van der Waals surface area contributed by atoms with E-state index in [1.165, 1.54) is 14.0 Å². The van der Waals surface area contributed by atoms with Crippen LogP contribution in [0, 0.1) is 0 Å². The van der Waals surface area contributed by atoms with E-state index in [-0.39, 0.29) is 18.4 Å². The number of hydrogen-bond donors (Lipinski definition) is 2. The topological polar surface area (TPSA) is 84.9 Å². The molecule has 0 saturated heterocycles. The van der Waals surface area contributed by atoms with Crippen LogP contribution in [0.5, 0.6) is 11.5 Å². The Kier molecular flexibility index (Phi) is 6.69. The maximum Gasteiger partial charge on any atom is 0.326 e. The quantitative estimate of drug-likeness (QED) is 0.767. The van der Waals surface area contributed by atoms with Gasteiger partial charge in [-0.15, -0.1) is 0 Å². The van der Waals surface area contributed by atoms with E-state index in [2.05, 4.69) is 5.32 Å². The highest BCUT2D eigenvalue weighted by molar-refractivity contribution is 5.82. The summed E-state index contributed by atoms with van der Waals surface area (Å²) in [5, 5.41) is 11.7. The Labute approximate surface area is 130 Å². The molecule has 1 amide bonds. The van der Waals surface area contributed by atoms with Gasteiger partial charge in [-0.2, -0.15) is 0 Å². The van der Waals surface area contributed by atoms with Crippen molar-refractivity contribution in [1.29, 1.82) is 0 Å². The number of rotatable bonds is 8. The minimum atomic E-state index is -1.09. The van der Waals surface area contributed by atoms with Crippen LogP contribution in [0.4, 0.5) is 0 Å². The van der Waals surface area contributed by atoms with E-state index in [1.807, 2.05) is 13.8 Å². The molecule has 0 aliphatic carbocycles. The van der Waals surface area contributed by atoms with Crippen molar-refractivity contribution in [2.24, 2.45) is 0 Å². The normalized spacial score (nSPS) is 13.1. The molecule has 1 aromatic rings. The molecule has 0 radical (unpaired) electrons. The third-order valence-corrected chi connectivity index (χ3v) is 3.27. The number of hydrogen-bond acceptors (Lipinski definition) is 4. The van der Waals surface area contributed by atoms with E-state index in [0.717, 1.165) is 6.42 Å².